The predicted octanol–water partition coefficient (Wildman–Crippen LogP) is 5.32. The lowest BCUT2D eigenvalue weighted by Crippen LogP contribution is -2.28. The summed E-state index contributed by atoms with van der Waals surface area (Å²) in [7, 11) is 0. The number of carbonyl (C=O) groups excluding carboxylic acids is 3. The topological polar surface area (TPSA) is 227 Å². The van der Waals surface area contributed by atoms with Crippen LogP contribution < -0.4 is 20.7 Å². The summed E-state index contributed by atoms with van der Waals surface area (Å²) in [5.41, 5.74) is 5.11. The highest BCUT2D eigenvalue weighted by Crippen LogP contribution is 2.25. The number of aryl methyl sites for hydroxylation is 2. The van der Waals surface area contributed by atoms with Gasteiger partial charge in [0.1, 0.15) is 24.2 Å². The van der Waals surface area contributed by atoms with Crippen LogP contribution in [0.15, 0.2) is 65.9 Å². The fourth-order valence-corrected chi connectivity index (χ4v) is 4.14. The summed E-state index contributed by atoms with van der Waals surface area (Å²) in [5, 5.41) is 15.9. The zero-order valence-corrected chi connectivity index (χ0v) is 30.0. The molecule has 3 N–H and O–H groups in total. The fourth-order valence-electron chi connectivity index (χ4n) is 4.14. The average Bonchev–Trinajstić information content (AvgIpc) is 3.91. The number of nitrogens with two attached hydrogens (primary N) is 1. The van der Waals surface area contributed by atoms with Gasteiger partial charge in [0.15, 0.2) is 11.6 Å². The van der Waals surface area contributed by atoms with Crippen molar-refractivity contribution in [2.75, 3.05) is 13.2 Å². The van der Waals surface area contributed by atoms with Crippen molar-refractivity contribution in [3.8, 4) is 34.3 Å². The Morgan fingerprint density at radius 3 is 1.75 bits per heavy atom. The molecule has 0 aliphatic rings. The molecule has 0 spiro atoms. The van der Waals surface area contributed by atoms with Gasteiger partial charge in [-0.2, -0.15) is 0 Å². The van der Waals surface area contributed by atoms with Gasteiger partial charge in [-0.05, 0) is 73.2 Å². The second kappa shape index (κ2) is 19.1. The van der Waals surface area contributed by atoms with Crippen LogP contribution in [0, 0.1) is 25.7 Å². The van der Waals surface area contributed by atoms with Crippen LogP contribution in [0.4, 0.5) is 9.59 Å². The summed E-state index contributed by atoms with van der Waals surface area (Å²) in [5.74, 6) is 6.94. The summed E-state index contributed by atoms with van der Waals surface area (Å²) < 4.78 is 28.4. The second-order valence-corrected chi connectivity index (χ2v) is 12.2. The standard InChI is InChI=1S/C18H19N5O4.C17H21N5O4/c1-12(2)9-25-18(24)27-15-7-13(3)6-14(8-15)17-19-10-23(22-17)5-4-16-21-20-11-26-16;1-11(2)9-25-17(24)26-14-7-12(3)6-13(8-14)16-19-10-22(21-16)5-4-15(23)20-18/h4-8,10-12H,9H2,1-3H3;4-8,10-11H,9,18H2,1-3H3,(H,20,23)/b2*5-4-. The van der Waals surface area contributed by atoms with Crippen LogP contribution in [0.3, 0.4) is 0 Å². The van der Waals surface area contributed by atoms with E-state index in [1.165, 1.54) is 34.4 Å². The number of amides is 1. The highest BCUT2D eigenvalue weighted by Gasteiger charge is 2.13. The van der Waals surface area contributed by atoms with E-state index >= 15 is 0 Å². The van der Waals surface area contributed by atoms with Crippen molar-refractivity contribution >= 4 is 36.7 Å². The van der Waals surface area contributed by atoms with E-state index in [0.717, 1.165) is 11.1 Å². The monoisotopic (exact) mass is 728 g/mol. The number of ether oxygens (including phenoxy) is 4. The summed E-state index contributed by atoms with van der Waals surface area (Å²) in [4.78, 5) is 43.0. The smallest absolute Gasteiger partial charge is 0.434 e. The molecule has 3 heterocycles. The highest BCUT2D eigenvalue weighted by atomic mass is 16.7. The molecule has 278 valence electrons. The zero-order chi connectivity index (χ0) is 38.3. The van der Waals surface area contributed by atoms with E-state index in [0.29, 0.717) is 46.8 Å². The molecule has 53 heavy (non-hydrogen) atoms. The maximum Gasteiger partial charge on any atom is 0.513 e. The van der Waals surface area contributed by atoms with Crippen LogP contribution in [-0.2, 0) is 14.3 Å². The van der Waals surface area contributed by atoms with E-state index in [4.69, 9.17) is 29.2 Å². The van der Waals surface area contributed by atoms with Gasteiger partial charge < -0.3 is 23.4 Å². The molecule has 0 bridgehead atoms. The van der Waals surface area contributed by atoms with E-state index in [1.807, 2.05) is 59.1 Å². The number of carbonyl (C=O) groups is 3. The van der Waals surface area contributed by atoms with Crippen LogP contribution in [-0.4, -0.2) is 71.2 Å². The number of hydrogen-bond donors (Lipinski definition) is 2. The van der Waals surface area contributed by atoms with Crippen LogP contribution in [0.1, 0.15) is 44.7 Å². The molecule has 0 radical (unpaired) electrons. The Balaban J connectivity index is 0.000000237. The third kappa shape index (κ3) is 13.2. The van der Waals surface area contributed by atoms with Gasteiger partial charge in [-0.3, -0.25) is 10.2 Å². The van der Waals surface area contributed by atoms with E-state index < -0.39 is 18.2 Å². The lowest BCUT2D eigenvalue weighted by atomic mass is 10.1. The molecule has 18 heteroatoms. The SMILES string of the molecule is Cc1cc(OC(=O)OCC(C)C)cc(-c2ncn(/C=C\C(=O)NN)n2)c1.Cc1cc(OC(=O)OCC(C)C)cc(-c2ncn(/C=C\c3nnco3)n2)c1. The van der Waals surface area contributed by atoms with Gasteiger partial charge in [0.2, 0.25) is 12.3 Å². The predicted molar refractivity (Wildman–Crippen MR) is 191 cm³/mol. The van der Waals surface area contributed by atoms with E-state index in [1.54, 1.807) is 42.9 Å². The Morgan fingerprint density at radius 2 is 1.30 bits per heavy atom. The first kappa shape index (κ1) is 39.1. The first-order valence-electron chi connectivity index (χ1n) is 16.3. The molecule has 0 unspecified atom stereocenters. The van der Waals surface area contributed by atoms with Crippen LogP contribution in [0.5, 0.6) is 11.5 Å². The van der Waals surface area contributed by atoms with Gasteiger partial charge in [0.25, 0.3) is 5.91 Å². The Kier molecular flexibility index (Phi) is 14.1. The molecule has 0 saturated carbocycles. The summed E-state index contributed by atoms with van der Waals surface area (Å²) in [6, 6.07) is 10.5. The van der Waals surface area contributed by atoms with E-state index in [2.05, 4.69) is 30.4 Å². The van der Waals surface area contributed by atoms with Crippen LogP contribution >= 0.6 is 0 Å². The minimum absolute atomic E-state index is 0.221. The molecule has 1 amide bonds. The number of nitrogens with zero attached hydrogens (tertiary/aromatic N) is 8. The van der Waals surface area contributed by atoms with Gasteiger partial charge >= 0.3 is 12.3 Å². The number of hydrazine groups is 1. The molecule has 0 aliphatic heterocycles. The zero-order valence-electron chi connectivity index (χ0n) is 30.0. The Morgan fingerprint density at radius 1 is 0.792 bits per heavy atom. The van der Waals surface area contributed by atoms with Crippen molar-refractivity contribution in [2.45, 2.75) is 41.5 Å². The highest BCUT2D eigenvalue weighted by molar-refractivity contribution is 5.89. The maximum absolute atomic E-state index is 11.8. The first-order valence-corrected chi connectivity index (χ1v) is 16.3. The molecule has 0 saturated heterocycles. The molecule has 0 fully saturated rings. The molecule has 0 aliphatic carbocycles. The van der Waals surface area contributed by atoms with Crippen molar-refractivity contribution in [2.24, 2.45) is 17.7 Å². The number of benzene rings is 2. The minimum Gasteiger partial charge on any atom is -0.434 e. The van der Waals surface area contributed by atoms with Crippen molar-refractivity contribution in [1.29, 1.82) is 0 Å². The summed E-state index contributed by atoms with van der Waals surface area (Å²) >= 11 is 0. The molecular weight excluding hydrogens is 688 g/mol. The Labute approximate surface area is 304 Å². The third-order valence-electron chi connectivity index (χ3n) is 6.37. The van der Waals surface area contributed by atoms with Crippen molar-refractivity contribution in [3.05, 3.63) is 78.5 Å². The van der Waals surface area contributed by atoms with Gasteiger partial charge in [-0.15, -0.1) is 20.4 Å². The fraction of sp³-hybridized carbons (Fsp3) is 0.286. The number of hydrogen-bond acceptors (Lipinski definition) is 15. The molecule has 18 nitrogen and oxygen atoms in total. The Bertz CT molecular complexity index is 2030. The van der Waals surface area contributed by atoms with Crippen molar-refractivity contribution < 1.29 is 37.7 Å². The lowest BCUT2D eigenvalue weighted by Gasteiger charge is -2.09. The van der Waals surface area contributed by atoms with Crippen molar-refractivity contribution in [3.63, 3.8) is 0 Å². The van der Waals surface area contributed by atoms with Crippen LogP contribution in [0.2, 0.25) is 0 Å². The van der Waals surface area contributed by atoms with Crippen LogP contribution in [0.25, 0.3) is 41.3 Å². The second-order valence-electron chi connectivity index (χ2n) is 12.2. The quantitative estimate of drug-likeness (QED) is 0.0414. The van der Waals surface area contributed by atoms with Gasteiger partial charge in [0.05, 0.1) is 13.2 Å². The first-order chi connectivity index (χ1) is 25.4. The molecule has 5 aromatic rings. The summed E-state index contributed by atoms with van der Waals surface area (Å²) in [6.07, 6.45) is 8.61. The number of rotatable bonds is 12. The van der Waals surface area contributed by atoms with E-state index in [-0.39, 0.29) is 18.4 Å². The van der Waals surface area contributed by atoms with Crippen molar-refractivity contribution in [1.82, 2.24) is 45.2 Å². The number of aromatic nitrogens is 8. The minimum atomic E-state index is -0.760. The summed E-state index contributed by atoms with van der Waals surface area (Å²) in [6.45, 7) is 12.1. The average molecular weight is 729 g/mol. The largest absolute Gasteiger partial charge is 0.513 e. The molecule has 3 aromatic heterocycles. The van der Waals surface area contributed by atoms with Gasteiger partial charge in [-0.1, -0.05) is 27.7 Å². The molecule has 0 atom stereocenters. The molecule has 5 rings (SSSR count). The third-order valence-corrected chi connectivity index (χ3v) is 6.37. The van der Waals surface area contributed by atoms with Gasteiger partial charge in [-0.25, -0.2) is 34.8 Å². The van der Waals surface area contributed by atoms with E-state index in [9.17, 15) is 14.4 Å². The Hall–Kier alpha value is -6.69. The maximum atomic E-state index is 11.8. The molecule has 2 aromatic carbocycles. The normalized spacial score (nSPS) is 11.1. The van der Waals surface area contributed by atoms with Gasteiger partial charge in [0, 0.05) is 35.7 Å². The number of nitrogens with one attached hydrogen (secondary N) is 1. The lowest BCUT2D eigenvalue weighted by molar-refractivity contribution is -0.116. The molecular formula is C35H40N10O8.